The molecule has 0 aromatic heterocycles. The van der Waals surface area contributed by atoms with E-state index in [9.17, 15) is 15.0 Å². The Morgan fingerprint density at radius 3 is 2.52 bits per heavy atom. The molecule has 116 valence electrons. The molecule has 21 heavy (non-hydrogen) atoms. The molecule has 2 N–H and O–H groups in total. The van der Waals surface area contributed by atoms with Crippen molar-refractivity contribution in [2.45, 2.75) is 38.6 Å². The second-order valence-electron chi connectivity index (χ2n) is 5.35. The highest BCUT2D eigenvalue weighted by Gasteiger charge is 2.28. The van der Waals surface area contributed by atoms with Crippen molar-refractivity contribution in [3.8, 4) is 11.5 Å². The number of aliphatic carboxylic acids is 1. The van der Waals surface area contributed by atoms with Crippen molar-refractivity contribution in [2.24, 2.45) is 0 Å². The van der Waals surface area contributed by atoms with Crippen LogP contribution in [0.2, 0.25) is 0 Å². The van der Waals surface area contributed by atoms with Crippen LogP contribution in [0.3, 0.4) is 0 Å². The Kier molecular flexibility index (Phi) is 5.44. The number of carboxylic acid groups (broad SMARTS) is 1. The van der Waals surface area contributed by atoms with Crippen molar-refractivity contribution in [2.75, 3.05) is 19.7 Å². The lowest BCUT2D eigenvalue weighted by atomic mass is 10.0. The highest BCUT2D eigenvalue weighted by Crippen LogP contribution is 2.32. The molecule has 1 saturated heterocycles. The smallest absolute Gasteiger partial charge is 0.325 e. The summed E-state index contributed by atoms with van der Waals surface area (Å²) >= 11 is 0. The largest absolute Gasteiger partial charge is 0.504 e. The standard InChI is InChI=1S/C16H23NO4/c1-2-21-14-11-12(7-8-13(14)18)15(16(19)20)17-9-5-3-4-6-10-17/h7-8,11,15,18H,2-6,9-10H2,1H3,(H,19,20). The summed E-state index contributed by atoms with van der Waals surface area (Å²) in [5.41, 5.74) is 0.658. The zero-order valence-electron chi connectivity index (χ0n) is 12.4. The number of carboxylic acids is 1. The van der Waals surface area contributed by atoms with Crippen LogP contribution in [0.5, 0.6) is 11.5 Å². The molecule has 0 amide bonds. The lowest BCUT2D eigenvalue weighted by Crippen LogP contribution is -2.34. The van der Waals surface area contributed by atoms with Crippen molar-refractivity contribution < 1.29 is 19.7 Å². The number of aromatic hydroxyl groups is 1. The van der Waals surface area contributed by atoms with Crippen LogP contribution in [0.1, 0.15) is 44.2 Å². The van der Waals surface area contributed by atoms with E-state index in [4.69, 9.17) is 4.74 Å². The first-order valence-electron chi connectivity index (χ1n) is 7.56. The molecule has 1 fully saturated rings. The van der Waals surface area contributed by atoms with Gasteiger partial charge in [0.1, 0.15) is 6.04 Å². The van der Waals surface area contributed by atoms with Crippen molar-refractivity contribution in [1.82, 2.24) is 4.90 Å². The number of hydrogen-bond acceptors (Lipinski definition) is 4. The van der Waals surface area contributed by atoms with Gasteiger partial charge in [0.05, 0.1) is 6.61 Å². The fraction of sp³-hybridized carbons (Fsp3) is 0.562. The maximum Gasteiger partial charge on any atom is 0.325 e. The number of benzene rings is 1. The summed E-state index contributed by atoms with van der Waals surface area (Å²) in [7, 11) is 0. The van der Waals surface area contributed by atoms with Gasteiger partial charge in [-0.2, -0.15) is 0 Å². The average Bonchev–Trinajstić information content (AvgIpc) is 2.71. The van der Waals surface area contributed by atoms with Crippen LogP contribution < -0.4 is 4.74 Å². The quantitative estimate of drug-likeness (QED) is 0.873. The van der Waals surface area contributed by atoms with E-state index in [1.54, 1.807) is 12.1 Å². The molecule has 5 heteroatoms. The SMILES string of the molecule is CCOc1cc(C(C(=O)O)N2CCCCCC2)ccc1O. The van der Waals surface area contributed by atoms with E-state index in [0.29, 0.717) is 17.9 Å². The summed E-state index contributed by atoms with van der Waals surface area (Å²) in [6.45, 7) is 3.84. The molecule has 1 aromatic carbocycles. The molecule has 2 rings (SSSR count). The molecular formula is C16H23NO4. The molecule has 0 radical (unpaired) electrons. The Morgan fingerprint density at radius 2 is 1.95 bits per heavy atom. The fourth-order valence-corrected chi connectivity index (χ4v) is 2.83. The summed E-state index contributed by atoms with van der Waals surface area (Å²) in [4.78, 5) is 13.7. The minimum absolute atomic E-state index is 0.0422. The Hall–Kier alpha value is -1.75. The maximum absolute atomic E-state index is 11.7. The van der Waals surface area contributed by atoms with Crippen LogP contribution in [0.25, 0.3) is 0 Å². The van der Waals surface area contributed by atoms with Crippen LogP contribution >= 0.6 is 0 Å². The molecule has 0 aliphatic carbocycles. The molecule has 1 aliphatic heterocycles. The molecule has 1 unspecified atom stereocenters. The van der Waals surface area contributed by atoms with E-state index in [1.165, 1.54) is 6.07 Å². The van der Waals surface area contributed by atoms with E-state index in [0.717, 1.165) is 38.8 Å². The van der Waals surface area contributed by atoms with Crippen molar-refractivity contribution in [3.05, 3.63) is 23.8 Å². The van der Waals surface area contributed by atoms with Crippen molar-refractivity contribution >= 4 is 5.97 Å². The van der Waals surface area contributed by atoms with E-state index in [1.807, 2.05) is 11.8 Å². The molecule has 1 atom stereocenters. The number of hydrogen-bond donors (Lipinski definition) is 2. The second kappa shape index (κ2) is 7.31. The molecule has 0 spiro atoms. The molecular weight excluding hydrogens is 270 g/mol. The second-order valence-corrected chi connectivity index (χ2v) is 5.35. The van der Waals surface area contributed by atoms with Gasteiger partial charge in [-0.25, -0.2) is 0 Å². The van der Waals surface area contributed by atoms with Gasteiger partial charge < -0.3 is 14.9 Å². The van der Waals surface area contributed by atoms with Gasteiger partial charge in [0.15, 0.2) is 11.5 Å². The Morgan fingerprint density at radius 1 is 1.29 bits per heavy atom. The number of phenols is 1. The summed E-state index contributed by atoms with van der Waals surface area (Å²) in [6.07, 6.45) is 4.37. The van der Waals surface area contributed by atoms with Crippen LogP contribution in [0.4, 0.5) is 0 Å². The number of rotatable bonds is 5. The van der Waals surface area contributed by atoms with Crippen LogP contribution in [-0.2, 0) is 4.79 Å². The summed E-state index contributed by atoms with van der Waals surface area (Å²) in [5, 5.41) is 19.4. The first-order valence-corrected chi connectivity index (χ1v) is 7.56. The van der Waals surface area contributed by atoms with Gasteiger partial charge in [-0.3, -0.25) is 9.69 Å². The average molecular weight is 293 g/mol. The van der Waals surface area contributed by atoms with E-state index in [-0.39, 0.29) is 5.75 Å². The first kappa shape index (κ1) is 15.6. The number of likely N-dealkylation sites (tertiary alicyclic amines) is 1. The van der Waals surface area contributed by atoms with Gasteiger partial charge >= 0.3 is 5.97 Å². The maximum atomic E-state index is 11.7. The Labute approximate surface area is 125 Å². The van der Waals surface area contributed by atoms with Gasteiger partial charge in [-0.05, 0) is 50.6 Å². The Bertz CT molecular complexity index is 481. The molecule has 0 bridgehead atoms. The highest BCUT2D eigenvalue weighted by atomic mass is 16.5. The van der Waals surface area contributed by atoms with Crippen molar-refractivity contribution in [3.63, 3.8) is 0 Å². The molecule has 1 aliphatic rings. The van der Waals surface area contributed by atoms with Gasteiger partial charge in [0.2, 0.25) is 0 Å². The first-order chi connectivity index (χ1) is 10.1. The van der Waals surface area contributed by atoms with Gasteiger partial charge in [0, 0.05) is 0 Å². The fourth-order valence-electron chi connectivity index (χ4n) is 2.83. The molecule has 5 nitrogen and oxygen atoms in total. The minimum Gasteiger partial charge on any atom is -0.504 e. The minimum atomic E-state index is -0.856. The third kappa shape index (κ3) is 3.88. The topological polar surface area (TPSA) is 70.0 Å². The number of carbonyl (C=O) groups is 1. The number of phenolic OH excluding ortho intramolecular Hbond substituents is 1. The summed E-state index contributed by atoms with van der Waals surface area (Å²) in [5.74, 6) is -0.471. The zero-order valence-corrected chi connectivity index (χ0v) is 12.4. The molecule has 0 saturated carbocycles. The van der Waals surface area contributed by atoms with Gasteiger partial charge in [0.25, 0.3) is 0 Å². The van der Waals surface area contributed by atoms with E-state index < -0.39 is 12.0 Å². The third-order valence-electron chi connectivity index (χ3n) is 3.84. The predicted octanol–water partition coefficient (Wildman–Crippen LogP) is 2.79. The summed E-state index contributed by atoms with van der Waals surface area (Å²) in [6, 6.07) is 4.14. The normalized spacial score (nSPS) is 18.0. The zero-order chi connectivity index (χ0) is 15.2. The summed E-state index contributed by atoms with van der Waals surface area (Å²) < 4.78 is 5.36. The lowest BCUT2D eigenvalue weighted by Gasteiger charge is -2.28. The monoisotopic (exact) mass is 293 g/mol. The lowest BCUT2D eigenvalue weighted by molar-refractivity contribution is -0.143. The van der Waals surface area contributed by atoms with Crippen molar-refractivity contribution in [1.29, 1.82) is 0 Å². The Balaban J connectivity index is 2.28. The number of nitrogens with zero attached hydrogens (tertiary/aromatic N) is 1. The predicted molar refractivity (Wildman–Crippen MR) is 79.7 cm³/mol. The van der Waals surface area contributed by atoms with Crippen LogP contribution in [0, 0.1) is 0 Å². The van der Waals surface area contributed by atoms with Crippen LogP contribution in [0.15, 0.2) is 18.2 Å². The van der Waals surface area contributed by atoms with E-state index >= 15 is 0 Å². The van der Waals surface area contributed by atoms with Crippen LogP contribution in [-0.4, -0.2) is 40.8 Å². The number of ether oxygens (including phenoxy) is 1. The highest BCUT2D eigenvalue weighted by molar-refractivity contribution is 5.76. The van der Waals surface area contributed by atoms with E-state index in [2.05, 4.69) is 0 Å². The molecule has 1 heterocycles. The third-order valence-corrected chi connectivity index (χ3v) is 3.84. The van der Waals surface area contributed by atoms with Gasteiger partial charge in [-0.15, -0.1) is 0 Å². The van der Waals surface area contributed by atoms with Gasteiger partial charge in [-0.1, -0.05) is 18.9 Å². The molecule has 1 aromatic rings.